The average Bonchev–Trinajstić information content (AvgIpc) is 2.68. The van der Waals surface area contributed by atoms with E-state index in [1.165, 1.54) is 16.2 Å². The van der Waals surface area contributed by atoms with Crippen molar-refractivity contribution in [2.45, 2.75) is 32.0 Å². The molecule has 1 N–H and O–H groups in total. The molecule has 8 heteroatoms. The van der Waals surface area contributed by atoms with Gasteiger partial charge in [-0.2, -0.15) is 0 Å². The largest absolute Gasteiger partial charge is 0.444 e. The number of carbonyl (C=O) groups excluding carboxylic acids is 1. The summed E-state index contributed by atoms with van der Waals surface area (Å²) < 4.78 is 11.5. The zero-order valence-corrected chi connectivity index (χ0v) is 14.7. The van der Waals surface area contributed by atoms with E-state index < -0.39 is 17.3 Å². The topological polar surface area (TPSA) is 71.9 Å². The lowest BCUT2D eigenvalue weighted by Gasteiger charge is -2.30. The lowest BCUT2D eigenvalue weighted by molar-refractivity contribution is -0.0445. The number of hydrogen-bond donors (Lipinski definition) is 1. The molecule has 2 rings (SSSR count). The SMILES string of the molecule is CC(C)(C)OC(=O)N1CCOCC(O)(c2nc(Br)cs2)C1. The van der Waals surface area contributed by atoms with Crippen LogP contribution in [-0.2, 0) is 15.1 Å². The number of aromatic nitrogens is 1. The van der Waals surface area contributed by atoms with E-state index in [4.69, 9.17) is 9.47 Å². The maximum atomic E-state index is 12.2. The molecule has 1 unspecified atom stereocenters. The first-order chi connectivity index (χ1) is 9.70. The van der Waals surface area contributed by atoms with Crippen molar-refractivity contribution in [2.75, 3.05) is 26.3 Å². The van der Waals surface area contributed by atoms with Gasteiger partial charge in [-0.3, -0.25) is 0 Å². The normalized spacial score (nSPS) is 23.8. The molecule has 2 heterocycles. The minimum Gasteiger partial charge on any atom is -0.444 e. The Kier molecular flexibility index (Phi) is 4.92. The summed E-state index contributed by atoms with van der Waals surface area (Å²) in [6.07, 6.45) is -0.456. The molecule has 1 aliphatic rings. The van der Waals surface area contributed by atoms with Crippen LogP contribution in [0.5, 0.6) is 0 Å². The van der Waals surface area contributed by atoms with E-state index in [2.05, 4.69) is 20.9 Å². The fraction of sp³-hybridized carbons (Fsp3) is 0.692. The van der Waals surface area contributed by atoms with Gasteiger partial charge >= 0.3 is 6.09 Å². The first kappa shape index (κ1) is 16.7. The number of amides is 1. The second-order valence-electron chi connectivity index (χ2n) is 5.96. The monoisotopic (exact) mass is 378 g/mol. The number of halogens is 1. The van der Waals surface area contributed by atoms with E-state index in [9.17, 15) is 9.90 Å². The molecule has 1 saturated heterocycles. The highest BCUT2D eigenvalue weighted by Gasteiger charge is 2.39. The molecular formula is C13H19BrN2O4S. The van der Waals surface area contributed by atoms with Gasteiger partial charge in [-0.15, -0.1) is 11.3 Å². The summed E-state index contributed by atoms with van der Waals surface area (Å²) in [6, 6.07) is 0. The van der Waals surface area contributed by atoms with Gasteiger partial charge in [0.25, 0.3) is 0 Å². The summed E-state index contributed by atoms with van der Waals surface area (Å²) >= 11 is 4.59. The van der Waals surface area contributed by atoms with Gasteiger partial charge in [0.1, 0.15) is 15.2 Å². The summed E-state index contributed by atoms with van der Waals surface area (Å²) in [6.45, 7) is 6.36. The molecule has 118 valence electrons. The van der Waals surface area contributed by atoms with E-state index in [1.54, 1.807) is 5.38 Å². The number of hydrogen-bond acceptors (Lipinski definition) is 6. The molecule has 1 fully saturated rings. The highest BCUT2D eigenvalue weighted by atomic mass is 79.9. The maximum Gasteiger partial charge on any atom is 0.410 e. The van der Waals surface area contributed by atoms with Crippen molar-refractivity contribution in [1.29, 1.82) is 0 Å². The Balaban J connectivity index is 2.16. The molecule has 0 bridgehead atoms. The standard InChI is InChI=1S/C13H19BrN2O4S/c1-12(2,3)20-11(17)16-4-5-19-8-13(18,7-16)10-15-9(14)6-21-10/h6,18H,4-5,7-8H2,1-3H3. The second kappa shape index (κ2) is 6.20. The van der Waals surface area contributed by atoms with Crippen molar-refractivity contribution >= 4 is 33.4 Å². The summed E-state index contributed by atoms with van der Waals surface area (Å²) in [5.41, 5.74) is -1.89. The molecule has 1 atom stereocenters. The van der Waals surface area contributed by atoms with Crippen molar-refractivity contribution in [1.82, 2.24) is 9.88 Å². The lowest BCUT2D eigenvalue weighted by atomic mass is 10.1. The van der Waals surface area contributed by atoms with E-state index in [1.807, 2.05) is 20.8 Å². The number of carbonyl (C=O) groups is 1. The van der Waals surface area contributed by atoms with E-state index in [0.717, 1.165) is 0 Å². The quantitative estimate of drug-likeness (QED) is 0.811. The van der Waals surface area contributed by atoms with Crippen LogP contribution in [0.3, 0.4) is 0 Å². The van der Waals surface area contributed by atoms with Crippen LogP contribution in [0, 0.1) is 0 Å². The van der Waals surface area contributed by atoms with Gasteiger partial charge in [-0.05, 0) is 36.7 Å². The van der Waals surface area contributed by atoms with Crippen LogP contribution in [0.2, 0.25) is 0 Å². The molecular weight excluding hydrogens is 360 g/mol. The average molecular weight is 379 g/mol. The second-order valence-corrected chi connectivity index (χ2v) is 7.63. The van der Waals surface area contributed by atoms with Crippen LogP contribution in [0.25, 0.3) is 0 Å². The predicted molar refractivity (Wildman–Crippen MR) is 82.3 cm³/mol. The van der Waals surface area contributed by atoms with Gasteiger partial charge < -0.3 is 19.5 Å². The minimum absolute atomic E-state index is 0.0991. The summed E-state index contributed by atoms with van der Waals surface area (Å²) in [7, 11) is 0. The Morgan fingerprint density at radius 3 is 2.90 bits per heavy atom. The fourth-order valence-electron chi connectivity index (χ4n) is 1.94. The smallest absolute Gasteiger partial charge is 0.410 e. The lowest BCUT2D eigenvalue weighted by Crippen LogP contribution is -2.46. The third-order valence-corrected chi connectivity index (χ3v) is 4.57. The van der Waals surface area contributed by atoms with Gasteiger partial charge in [0.05, 0.1) is 19.8 Å². The van der Waals surface area contributed by atoms with Crippen LogP contribution >= 0.6 is 27.3 Å². The number of nitrogens with zero attached hydrogens (tertiary/aromatic N) is 2. The van der Waals surface area contributed by atoms with E-state index >= 15 is 0 Å². The Morgan fingerprint density at radius 2 is 2.33 bits per heavy atom. The molecule has 1 amide bonds. The van der Waals surface area contributed by atoms with Crippen LogP contribution in [0.4, 0.5) is 4.79 Å². The van der Waals surface area contributed by atoms with Gasteiger partial charge in [-0.25, -0.2) is 9.78 Å². The van der Waals surface area contributed by atoms with Gasteiger partial charge in [0, 0.05) is 11.9 Å². The summed E-state index contributed by atoms with van der Waals surface area (Å²) in [5, 5.41) is 13.1. The van der Waals surface area contributed by atoms with Crippen LogP contribution in [0.15, 0.2) is 9.98 Å². The van der Waals surface area contributed by atoms with E-state index in [0.29, 0.717) is 22.8 Å². The third kappa shape index (κ3) is 4.38. The molecule has 0 radical (unpaired) electrons. The molecule has 21 heavy (non-hydrogen) atoms. The zero-order valence-electron chi connectivity index (χ0n) is 12.3. The van der Waals surface area contributed by atoms with Gasteiger partial charge in [0.15, 0.2) is 5.60 Å². The summed E-state index contributed by atoms with van der Waals surface area (Å²) in [5.74, 6) is 0. The molecule has 0 aromatic carbocycles. The predicted octanol–water partition coefficient (Wildman–Crippen LogP) is 2.36. The van der Waals surface area contributed by atoms with Gasteiger partial charge in [0.2, 0.25) is 0 Å². The van der Waals surface area contributed by atoms with Crippen molar-refractivity contribution in [3.63, 3.8) is 0 Å². The number of rotatable bonds is 1. The number of aliphatic hydroxyl groups is 1. The fourth-order valence-corrected chi connectivity index (χ4v) is 3.27. The maximum absolute atomic E-state index is 12.2. The first-order valence-corrected chi connectivity index (χ1v) is 8.26. The van der Waals surface area contributed by atoms with Crippen LogP contribution in [0.1, 0.15) is 25.8 Å². The van der Waals surface area contributed by atoms with Crippen molar-refractivity contribution < 1.29 is 19.4 Å². The van der Waals surface area contributed by atoms with Crippen molar-refractivity contribution in [3.8, 4) is 0 Å². The van der Waals surface area contributed by atoms with Gasteiger partial charge in [-0.1, -0.05) is 0 Å². The molecule has 0 saturated carbocycles. The Labute approximate surface area is 136 Å². The van der Waals surface area contributed by atoms with Crippen molar-refractivity contribution in [2.24, 2.45) is 0 Å². The molecule has 0 aliphatic carbocycles. The molecule has 1 aromatic heterocycles. The Bertz CT molecular complexity index is 517. The molecule has 1 aromatic rings. The Morgan fingerprint density at radius 1 is 1.62 bits per heavy atom. The summed E-state index contributed by atoms with van der Waals surface area (Å²) in [4.78, 5) is 17.9. The number of β-amino-alcohol motifs (C(OH)–C–C–N with tert-alkyl or cyclic N) is 1. The van der Waals surface area contributed by atoms with E-state index in [-0.39, 0.29) is 13.2 Å². The molecule has 1 aliphatic heterocycles. The van der Waals surface area contributed by atoms with Crippen LogP contribution < -0.4 is 0 Å². The number of thiazole rings is 1. The van der Waals surface area contributed by atoms with Crippen molar-refractivity contribution in [3.05, 3.63) is 15.0 Å². The molecule has 6 nitrogen and oxygen atoms in total. The van der Waals surface area contributed by atoms with Crippen LogP contribution in [-0.4, -0.2) is 53.0 Å². The third-order valence-electron chi connectivity index (χ3n) is 2.82. The number of ether oxygens (including phenoxy) is 2. The highest BCUT2D eigenvalue weighted by Crippen LogP contribution is 2.30. The zero-order chi connectivity index (χ0) is 15.7. The highest BCUT2D eigenvalue weighted by molar-refractivity contribution is 9.10. The Hall–Kier alpha value is -0.700. The molecule has 0 spiro atoms. The first-order valence-electron chi connectivity index (χ1n) is 6.59. The minimum atomic E-state index is -1.32.